The minimum atomic E-state index is -0.305. The molecule has 0 saturated heterocycles. The summed E-state index contributed by atoms with van der Waals surface area (Å²) in [6.45, 7) is 3.77. The summed E-state index contributed by atoms with van der Waals surface area (Å²) in [5.74, 6) is -0.305. The molecule has 0 fully saturated rings. The zero-order chi connectivity index (χ0) is 12.3. The van der Waals surface area contributed by atoms with Crippen LogP contribution in [0.1, 0.15) is 14.5 Å². The van der Waals surface area contributed by atoms with Gasteiger partial charge in [0.1, 0.15) is 4.88 Å². The molecule has 0 unspecified atom stereocenters. The molecule has 0 aliphatic heterocycles. The Morgan fingerprint density at radius 2 is 2.06 bits per heavy atom. The molecule has 2 nitrogen and oxygen atoms in total. The van der Waals surface area contributed by atoms with Crippen LogP contribution in [0.3, 0.4) is 0 Å². The molecule has 1 heterocycles. The van der Waals surface area contributed by atoms with Crippen molar-refractivity contribution in [3.63, 3.8) is 0 Å². The lowest BCUT2D eigenvalue weighted by Gasteiger charge is -1.98. The van der Waals surface area contributed by atoms with Crippen molar-refractivity contribution in [3.8, 4) is 11.1 Å². The van der Waals surface area contributed by atoms with Gasteiger partial charge < -0.3 is 4.74 Å². The van der Waals surface area contributed by atoms with Crippen molar-refractivity contribution in [2.24, 2.45) is 0 Å². The van der Waals surface area contributed by atoms with E-state index in [1.54, 1.807) is 6.08 Å². The van der Waals surface area contributed by atoms with Crippen LogP contribution in [-0.4, -0.2) is 13.1 Å². The highest BCUT2D eigenvalue weighted by molar-refractivity contribution is 7.15. The van der Waals surface area contributed by atoms with Gasteiger partial charge in [0.25, 0.3) is 0 Å². The van der Waals surface area contributed by atoms with E-state index in [4.69, 9.17) is 4.74 Å². The number of ether oxygens (including phenoxy) is 1. The second-order valence-corrected chi connectivity index (χ2v) is 4.53. The van der Waals surface area contributed by atoms with Crippen LogP contribution >= 0.6 is 11.3 Å². The number of esters is 1. The van der Waals surface area contributed by atoms with E-state index < -0.39 is 0 Å². The van der Waals surface area contributed by atoms with Crippen LogP contribution in [0.4, 0.5) is 0 Å². The normalized spacial score (nSPS) is 9.94. The maximum absolute atomic E-state index is 11.5. The number of hydrogen-bond acceptors (Lipinski definition) is 3. The third-order valence-electron chi connectivity index (χ3n) is 2.42. The van der Waals surface area contributed by atoms with Crippen LogP contribution in [0.15, 0.2) is 43.0 Å². The number of thiophene rings is 1. The highest BCUT2D eigenvalue weighted by Gasteiger charge is 2.14. The molecule has 0 radical (unpaired) electrons. The average molecular weight is 244 g/mol. The Bertz CT molecular complexity index is 541. The topological polar surface area (TPSA) is 26.3 Å². The molecule has 17 heavy (non-hydrogen) atoms. The molecule has 0 bridgehead atoms. The molecule has 3 heteroatoms. The van der Waals surface area contributed by atoms with Crippen LogP contribution < -0.4 is 0 Å². The van der Waals surface area contributed by atoms with E-state index in [0.717, 1.165) is 16.0 Å². The van der Waals surface area contributed by atoms with Gasteiger partial charge in [0.05, 0.1) is 7.11 Å². The molecule has 0 spiro atoms. The fraction of sp³-hybridized carbons (Fsp3) is 0.0714. The van der Waals surface area contributed by atoms with Gasteiger partial charge in [-0.3, -0.25) is 0 Å². The van der Waals surface area contributed by atoms with E-state index >= 15 is 0 Å². The van der Waals surface area contributed by atoms with Crippen LogP contribution in [0.5, 0.6) is 0 Å². The second-order valence-electron chi connectivity index (χ2n) is 3.45. The van der Waals surface area contributed by atoms with E-state index in [1.165, 1.54) is 18.4 Å². The van der Waals surface area contributed by atoms with E-state index in [9.17, 15) is 4.79 Å². The molecule has 0 aliphatic rings. The fourth-order valence-electron chi connectivity index (χ4n) is 1.60. The zero-order valence-electron chi connectivity index (χ0n) is 9.47. The molecule has 0 amide bonds. The molecule has 86 valence electrons. The quantitative estimate of drug-likeness (QED) is 0.767. The summed E-state index contributed by atoms with van der Waals surface area (Å²) in [4.78, 5) is 13.1. The summed E-state index contributed by atoms with van der Waals surface area (Å²) >= 11 is 1.39. The van der Waals surface area contributed by atoms with Gasteiger partial charge in [0.2, 0.25) is 0 Å². The van der Waals surface area contributed by atoms with Crippen molar-refractivity contribution in [3.05, 3.63) is 52.7 Å². The van der Waals surface area contributed by atoms with Gasteiger partial charge in [0, 0.05) is 10.4 Å². The lowest BCUT2D eigenvalue weighted by atomic mass is 10.1. The van der Waals surface area contributed by atoms with E-state index in [1.807, 2.05) is 36.4 Å². The molecule has 1 aromatic heterocycles. The Morgan fingerprint density at radius 1 is 1.35 bits per heavy atom. The van der Waals surface area contributed by atoms with Gasteiger partial charge in [0.15, 0.2) is 0 Å². The Morgan fingerprint density at radius 3 is 2.65 bits per heavy atom. The minimum absolute atomic E-state index is 0.305. The molecule has 0 atom stereocenters. The predicted octanol–water partition coefficient (Wildman–Crippen LogP) is 3.84. The van der Waals surface area contributed by atoms with Crippen molar-refractivity contribution in [1.82, 2.24) is 0 Å². The maximum atomic E-state index is 11.5. The van der Waals surface area contributed by atoms with Crippen LogP contribution in [0.2, 0.25) is 0 Å². The van der Waals surface area contributed by atoms with Crippen molar-refractivity contribution >= 4 is 23.4 Å². The maximum Gasteiger partial charge on any atom is 0.348 e. The number of methoxy groups -OCH3 is 1. The predicted molar refractivity (Wildman–Crippen MR) is 71.2 cm³/mol. The number of carbonyl (C=O) groups is 1. The Labute approximate surface area is 104 Å². The Hall–Kier alpha value is -1.87. The van der Waals surface area contributed by atoms with Gasteiger partial charge >= 0.3 is 5.97 Å². The van der Waals surface area contributed by atoms with Crippen LogP contribution in [0, 0.1) is 0 Å². The molecule has 0 aliphatic carbocycles. The van der Waals surface area contributed by atoms with Crippen LogP contribution in [-0.2, 0) is 4.74 Å². The van der Waals surface area contributed by atoms with Gasteiger partial charge in [-0.2, -0.15) is 0 Å². The van der Waals surface area contributed by atoms with E-state index in [0.29, 0.717) is 4.88 Å². The van der Waals surface area contributed by atoms with Crippen molar-refractivity contribution in [2.45, 2.75) is 0 Å². The number of rotatable bonds is 3. The van der Waals surface area contributed by atoms with Crippen molar-refractivity contribution in [1.29, 1.82) is 0 Å². The second kappa shape index (κ2) is 4.97. The highest BCUT2D eigenvalue weighted by atomic mass is 32.1. The molecule has 2 rings (SSSR count). The first-order valence-corrected chi connectivity index (χ1v) is 5.98. The van der Waals surface area contributed by atoms with Gasteiger partial charge in [-0.05, 0) is 11.6 Å². The minimum Gasteiger partial charge on any atom is -0.465 e. The first-order chi connectivity index (χ1) is 8.26. The molecular formula is C14H12O2S. The molecular weight excluding hydrogens is 232 g/mol. The summed E-state index contributed by atoms with van der Waals surface area (Å²) in [5.41, 5.74) is 2.10. The number of hydrogen-bond donors (Lipinski definition) is 0. The van der Waals surface area contributed by atoms with Crippen LogP contribution in [0.25, 0.3) is 17.2 Å². The summed E-state index contributed by atoms with van der Waals surface area (Å²) in [7, 11) is 1.39. The summed E-state index contributed by atoms with van der Waals surface area (Å²) < 4.78 is 4.72. The SMILES string of the molecule is C=Cc1sc(C(=O)OC)cc1-c1ccccc1. The van der Waals surface area contributed by atoms with Crippen molar-refractivity contribution < 1.29 is 9.53 Å². The number of benzene rings is 1. The zero-order valence-corrected chi connectivity index (χ0v) is 10.3. The molecule has 0 N–H and O–H groups in total. The highest BCUT2D eigenvalue weighted by Crippen LogP contribution is 2.32. The average Bonchev–Trinajstić information content (AvgIpc) is 2.83. The first kappa shape index (κ1) is 11.6. The van der Waals surface area contributed by atoms with Gasteiger partial charge in [-0.1, -0.05) is 43.0 Å². The molecule has 0 saturated carbocycles. The number of carbonyl (C=O) groups excluding carboxylic acids is 1. The third-order valence-corrected chi connectivity index (χ3v) is 3.53. The molecule has 1 aromatic carbocycles. The lowest BCUT2D eigenvalue weighted by molar-refractivity contribution is 0.0606. The fourth-order valence-corrected chi connectivity index (χ4v) is 2.55. The molecule has 2 aromatic rings. The van der Waals surface area contributed by atoms with Gasteiger partial charge in [-0.15, -0.1) is 11.3 Å². The summed E-state index contributed by atoms with van der Waals surface area (Å²) in [6.07, 6.45) is 1.76. The Balaban J connectivity index is 2.51. The smallest absolute Gasteiger partial charge is 0.348 e. The summed E-state index contributed by atoms with van der Waals surface area (Å²) in [5, 5.41) is 0. The van der Waals surface area contributed by atoms with E-state index in [-0.39, 0.29) is 5.97 Å². The van der Waals surface area contributed by atoms with Crippen molar-refractivity contribution in [2.75, 3.05) is 7.11 Å². The standard InChI is InChI=1S/C14H12O2S/c1-3-12-11(10-7-5-4-6-8-10)9-13(17-12)14(15)16-2/h3-9H,1H2,2H3. The lowest BCUT2D eigenvalue weighted by Crippen LogP contribution is -1.96. The monoisotopic (exact) mass is 244 g/mol. The largest absolute Gasteiger partial charge is 0.465 e. The van der Waals surface area contributed by atoms with E-state index in [2.05, 4.69) is 6.58 Å². The van der Waals surface area contributed by atoms with Gasteiger partial charge in [-0.25, -0.2) is 4.79 Å². The summed E-state index contributed by atoms with van der Waals surface area (Å²) in [6, 6.07) is 11.8. The Kier molecular flexibility index (Phi) is 3.40. The first-order valence-electron chi connectivity index (χ1n) is 5.16. The third kappa shape index (κ3) is 2.29.